The van der Waals surface area contributed by atoms with E-state index in [9.17, 15) is 9.59 Å². The Balaban J connectivity index is 1.19. The molecule has 0 aliphatic heterocycles. The van der Waals surface area contributed by atoms with Gasteiger partial charge < -0.3 is 62.5 Å². The number of carbonyl (C=O) groups excluding carboxylic acids is 1. The monoisotopic (exact) mass is 785 g/mol. The summed E-state index contributed by atoms with van der Waals surface area (Å²) < 4.78 is 59.6. The fraction of sp³-hybridized carbons (Fsp3) is 0.722. The molecule has 0 saturated heterocycles. The van der Waals surface area contributed by atoms with Crippen molar-refractivity contribution < 1.29 is 66.8 Å². The molecule has 1 amide bonds. The summed E-state index contributed by atoms with van der Waals surface area (Å²) in [5.41, 5.74) is 1.76. The van der Waals surface area contributed by atoms with Gasteiger partial charge in [0, 0.05) is 18.5 Å². The normalized spacial score (nSPS) is 11.3. The van der Waals surface area contributed by atoms with E-state index in [0.29, 0.717) is 157 Å². The second-order valence-electron chi connectivity index (χ2n) is 11.4. The van der Waals surface area contributed by atoms with Crippen molar-refractivity contribution in [3.63, 3.8) is 0 Å². The van der Waals surface area contributed by atoms with E-state index in [1.165, 1.54) is 0 Å². The van der Waals surface area contributed by atoms with Gasteiger partial charge in [0.15, 0.2) is 5.82 Å². The van der Waals surface area contributed by atoms with Crippen LogP contribution in [0.5, 0.6) is 0 Å². The summed E-state index contributed by atoms with van der Waals surface area (Å²) in [4.78, 5) is 22.5. The number of hydrogen-bond donors (Lipinski definition) is 2. The Bertz CT molecular complexity index is 1200. The zero-order chi connectivity index (χ0) is 39.3. The SMILES string of the molecule is Cc1nnc(-c2ccc(CNC(=O)CCOCCOCCOCCOCCOCCOCCOCCOCCOCCOCCOCCC(=O)O)cc2)nn1. The minimum atomic E-state index is -0.879. The van der Waals surface area contributed by atoms with Gasteiger partial charge in [0.25, 0.3) is 0 Å². The number of ether oxygens (including phenoxy) is 11. The van der Waals surface area contributed by atoms with Gasteiger partial charge in [-0.05, 0) is 12.5 Å². The van der Waals surface area contributed by atoms with Gasteiger partial charge in [-0.25, -0.2) is 0 Å². The van der Waals surface area contributed by atoms with E-state index < -0.39 is 5.97 Å². The lowest BCUT2D eigenvalue weighted by atomic mass is 10.1. The molecular weight excluding hydrogens is 726 g/mol. The van der Waals surface area contributed by atoms with Crippen LogP contribution in [0.25, 0.3) is 11.4 Å². The highest BCUT2D eigenvalue weighted by Gasteiger charge is 2.05. The van der Waals surface area contributed by atoms with E-state index in [-0.39, 0.29) is 25.4 Å². The highest BCUT2D eigenvalue weighted by Crippen LogP contribution is 2.14. The molecule has 312 valence electrons. The number of aliphatic carboxylic acids is 1. The quantitative estimate of drug-likeness (QED) is 0.0900. The summed E-state index contributed by atoms with van der Waals surface area (Å²) in [5.74, 6) is -0.00481. The Morgan fingerprint density at radius 3 is 1.11 bits per heavy atom. The number of nitrogens with one attached hydrogen (secondary N) is 1. The van der Waals surface area contributed by atoms with Crippen LogP contribution in [0.3, 0.4) is 0 Å². The van der Waals surface area contributed by atoms with Gasteiger partial charge in [-0.2, -0.15) is 0 Å². The maximum atomic E-state index is 12.1. The summed E-state index contributed by atoms with van der Waals surface area (Å²) in [5, 5.41) is 27.2. The van der Waals surface area contributed by atoms with Crippen LogP contribution in [-0.2, 0) is 68.2 Å². The zero-order valence-electron chi connectivity index (χ0n) is 32.0. The van der Waals surface area contributed by atoms with Gasteiger partial charge in [0.05, 0.1) is 152 Å². The molecule has 0 aliphatic carbocycles. The Hall–Kier alpha value is -3.34. The number of rotatable bonds is 39. The average molecular weight is 786 g/mol. The van der Waals surface area contributed by atoms with Crippen LogP contribution in [0.4, 0.5) is 0 Å². The molecule has 0 spiro atoms. The molecule has 2 aromatic rings. The summed E-state index contributed by atoms with van der Waals surface area (Å²) in [6.45, 7) is 11.6. The van der Waals surface area contributed by atoms with Crippen LogP contribution >= 0.6 is 0 Å². The average Bonchev–Trinajstić information content (AvgIpc) is 3.19. The van der Waals surface area contributed by atoms with Gasteiger partial charge in [0.2, 0.25) is 11.7 Å². The fourth-order valence-corrected chi connectivity index (χ4v) is 4.08. The van der Waals surface area contributed by atoms with E-state index in [0.717, 1.165) is 11.1 Å². The Labute approximate surface area is 322 Å². The first kappa shape index (κ1) is 47.8. The predicted molar refractivity (Wildman–Crippen MR) is 196 cm³/mol. The highest BCUT2D eigenvalue weighted by atomic mass is 16.6. The van der Waals surface area contributed by atoms with E-state index in [2.05, 4.69) is 25.7 Å². The number of carboxylic acids is 1. The molecule has 19 nitrogen and oxygen atoms in total. The van der Waals surface area contributed by atoms with Crippen molar-refractivity contribution in [3.8, 4) is 11.4 Å². The molecule has 55 heavy (non-hydrogen) atoms. The number of benzene rings is 1. The molecule has 1 aromatic heterocycles. The number of nitrogens with zero attached hydrogens (tertiary/aromatic N) is 4. The molecule has 0 bridgehead atoms. The molecule has 1 heterocycles. The number of amides is 1. The van der Waals surface area contributed by atoms with Crippen LogP contribution in [0.15, 0.2) is 24.3 Å². The first-order valence-corrected chi connectivity index (χ1v) is 18.5. The van der Waals surface area contributed by atoms with Crippen molar-refractivity contribution in [3.05, 3.63) is 35.7 Å². The van der Waals surface area contributed by atoms with Gasteiger partial charge in [-0.15, -0.1) is 20.4 Å². The number of carboxylic acid groups (broad SMARTS) is 1. The lowest BCUT2D eigenvalue weighted by molar-refractivity contribution is -0.138. The summed E-state index contributed by atoms with van der Waals surface area (Å²) in [6.07, 6.45) is 0.255. The van der Waals surface area contributed by atoms with Crippen molar-refractivity contribution in [2.45, 2.75) is 26.3 Å². The van der Waals surface area contributed by atoms with E-state index >= 15 is 0 Å². The maximum Gasteiger partial charge on any atom is 0.305 e. The lowest BCUT2D eigenvalue weighted by Crippen LogP contribution is -2.24. The van der Waals surface area contributed by atoms with Crippen molar-refractivity contribution in [1.82, 2.24) is 25.7 Å². The van der Waals surface area contributed by atoms with Crippen molar-refractivity contribution >= 4 is 11.9 Å². The molecule has 0 radical (unpaired) electrons. The van der Waals surface area contributed by atoms with Crippen molar-refractivity contribution in [1.29, 1.82) is 0 Å². The lowest BCUT2D eigenvalue weighted by Gasteiger charge is -2.09. The topological polar surface area (TPSA) is 219 Å². The van der Waals surface area contributed by atoms with Crippen molar-refractivity contribution in [2.75, 3.05) is 145 Å². The minimum Gasteiger partial charge on any atom is -0.481 e. The fourth-order valence-electron chi connectivity index (χ4n) is 4.08. The van der Waals surface area contributed by atoms with E-state index in [1.807, 2.05) is 24.3 Å². The number of hydrogen-bond acceptors (Lipinski definition) is 17. The minimum absolute atomic E-state index is 0.00873. The third-order valence-electron chi connectivity index (χ3n) is 6.93. The third-order valence-corrected chi connectivity index (χ3v) is 6.93. The molecular formula is C36H59N5O14. The molecule has 2 N–H and O–H groups in total. The Morgan fingerprint density at radius 2 is 0.782 bits per heavy atom. The maximum absolute atomic E-state index is 12.1. The van der Waals surface area contributed by atoms with Gasteiger partial charge in [0.1, 0.15) is 0 Å². The van der Waals surface area contributed by atoms with E-state index in [1.54, 1.807) is 6.92 Å². The van der Waals surface area contributed by atoms with Gasteiger partial charge >= 0.3 is 5.97 Å². The molecule has 0 saturated carbocycles. The van der Waals surface area contributed by atoms with Gasteiger partial charge in [-0.3, -0.25) is 9.59 Å². The summed E-state index contributed by atoms with van der Waals surface area (Å²) in [7, 11) is 0. The smallest absolute Gasteiger partial charge is 0.305 e. The largest absolute Gasteiger partial charge is 0.481 e. The molecule has 0 aliphatic rings. The Kier molecular flexibility index (Phi) is 30.5. The standard InChI is InChI=1S/C36H59N5O14/c1-31-38-40-36(41-39-31)33-4-2-32(3-5-33)30-37-34(42)6-8-45-10-12-47-14-16-49-18-20-51-22-24-53-26-28-55-29-27-54-25-23-52-21-19-50-17-15-48-13-11-46-9-7-35(43)44/h2-5H,6-30H2,1H3,(H,37,42)(H,43,44). The summed E-state index contributed by atoms with van der Waals surface area (Å²) in [6, 6.07) is 7.54. The summed E-state index contributed by atoms with van der Waals surface area (Å²) >= 11 is 0. The molecule has 0 atom stereocenters. The Morgan fingerprint density at radius 1 is 0.473 bits per heavy atom. The zero-order valence-corrected chi connectivity index (χ0v) is 32.0. The van der Waals surface area contributed by atoms with Crippen LogP contribution in [0.2, 0.25) is 0 Å². The molecule has 1 aromatic carbocycles. The highest BCUT2D eigenvalue weighted by molar-refractivity contribution is 5.76. The number of carbonyl (C=O) groups is 2. The number of aryl methyl sites for hydroxylation is 1. The number of aromatic nitrogens is 4. The molecule has 0 unspecified atom stereocenters. The van der Waals surface area contributed by atoms with Crippen LogP contribution < -0.4 is 5.32 Å². The second-order valence-corrected chi connectivity index (χ2v) is 11.4. The first-order valence-electron chi connectivity index (χ1n) is 18.5. The molecule has 2 rings (SSSR count). The first-order chi connectivity index (χ1) is 27.0. The molecule has 0 fully saturated rings. The van der Waals surface area contributed by atoms with Crippen molar-refractivity contribution in [2.24, 2.45) is 0 Å². The second kappa shape index (κ2) is 35.1. The van der Waals surface area contributed by atoms with Crippen LogP contribution in [-0.4, -0.2) is 183 Å². The van der Waals surface area contributed by atoms with Crippen LogP contribution in [0, 0.1) is 6.92 Å². The van der Waals surface area contributed by atoms with Crippen LogP contribution in [0.1, 0.15) is 24.2 Å². The third kappa shape index (κ3) is 29.6. The van der Waals surface area contributed by atoms with E-state index in [4.69, 9.17) is 57.2 Å². The molecule has 19 heteroatoms. The van der Waals surface area contributed by atoms with Gasteiger partial charge in [-0.1, -0.05) is 24.3 Å². The predicted octanol–water partition coefficient (Wildman–Crippen LogP) is 0.906.